The summed E-state index contributed by atoms with van der Waals surface area (Å²) in [6.07, 6.45) is -0.715. The van der Waals surface area contributed by atoms with Crippen LogP contribution in [0.3, 0.4) is 0 Å². The number of esters is 1. The third-order valence-electron chi connectivity index (χ3n) is 4.82. The van der Waals surface area contributed by atoms with Crippen LogP contribution in [-0.4, -0.2) is 18.5 Å². The van der Waals surface area contributed by atoms with Gasteiger partial charge in [0.2, 0.25) is 5.92 Å². The van der Waals surface area contributed by atoms with Crippen LogP contribution in [0.1, 0.15) is 18.4 Å². The molecule has 0 bridgehead atoms. The van der Waals surface area contributed by atoms with Gasteiger partial charge in [0.25, 0.3) is 0 Å². The molecule has 2 nitrogen and oxygen atoms in total. The van der Waals surface area contributed by atoms with Gasteiger partial charge in [-0.05, 0) is 22.4 Å². The van der Waals surface area contributed by atoms with E-state index in [0.29, 0.717) is 5.56 Å². The van der Waals surface area contributed by atoms with E-state index in [1.807, 2.05) is 36.4 Å². The van der Waals surface area contributed by atoms with Crippen molar-refractivity contribution in [3.05, 3.63) is 48.0 Å². The summed E-state index contributed by atoms with van der Waals surface area (Å²) in [6.45, 7) is 0.0985. The van der Waals surface area contributed by atoms with Gasteiger partial charge in [-0.25, -0.2) is 8.78 Å². The minimum atomic E-state index is -2.80. The lowest BCUT2D eigenvalue weighted by Crippen LogP contribution is -2.35. The molecule has 1 aliphatic carbocycles. The average Bonchev–Trinajstić information content (AvgIpc) is 2.91. The zero-order valence-electron chi connectivity index (χ0n) is 11.3. The summed E-state index contributed by atoms with van der Waals surface area (Å²) in [7, 11) is 0. The number of rotatable bonds is 1. The Morgan fingerprint density at radius 2 is 1.86 bits per heavy atom. The molecule has 1 heterocycles. The van der Waals surface area contributed by atoms with Gasteiger partial charge < -0.3 is 4.74 Å². The Balaban J connectivity index is 1.90. The fourth-order valence-corrected chi connectivity index (χ4v) is 3.83. The molecule has 2 atom stereocenters. The van der Waals surface area contributed by atoms with Crippen LogP contribution in [0.25, 0.3) is 10.8 Å². The van der Waals surface area contributed by atoms with Crippen LogP contribution in [0, 0.1) is 5.92 Å². The lowest BCUT2D eigenvalue weighted by atomic mass is 9.73. The summed E-state index contributed by atoms with van der Waals surface area (Å²) in [5.41, 5.74) is -0.515. The molecule has 0 radical (unpaired) electrons. The molecule has 4 heteroatoms. The van der Waals surface area contributed by atoms with Crippen LogP contribution in [-0.2, 0) is 14.9 Å². The maximum atomic E-state index is 13.9. The van der Waals surface area contributed by atoms with Crippen LogP contribution >= 0.6 is 0 Å². The fourth-order valence-electron chi connectivity index (χ4n) is 3.83. The second kappa shape index (κ2) is 4.03. The number of carbonyl (C=O) groups is 1. The predicted octanol–water partition coefficient (Wildman–Crippen LogP) is 3.68. The van der Waals surface area contributed by atoms with Crippen molar-refractivity contribution in [3.8, 4) is 0 Å². The Morgan fingerprint density at radius 1 is 1.10 bits per heavy atom. The van der Waals surface area contributed by atoms with E-state index in [4.69, 9.17) is 4.74 Å². The molecule has 108 valence electrons. The van der Waals surface area contributed by atoms with Gasteiger partial charge in [-0.15, -0.1) is 0 Å². The molecule has 21 heavy (non-hydrogen) atoms. The Morgan fingerprint density at radius 3 is 2.67 bits per heavy atom. The van der Waals surface area contributed by atoms with Crippen LogP contribution < -0.4 is 0 Å². The van der Waals surface area contributed by atoms with Gasteiger partial charge in [0.1, 0.15) is 5.41 Å². The third-order valence-corrected chi connectivity index (χ3v) is 4.82. The number of fused-ring (bicyclic) bond motifs is 2. The highest BCUT2D eigenvalue weighted by Crippen LogP contribution is 2.56. The van der Waals surface area contributed by atoms with Gasteiger partial charge in [0.05, 0.1) is 6.61 Å². The second-order valence-corrected chi connectivity index (χ2v) is 6.07. The van der Waals surface area contributed by atoms with Gasteiger partial charge in [-0.3, -0.25) is 4.79 Å². The van der Waals surface area contributed by atoms with E-state index in [9.17, 15) is 13.6 Å². The average molecular weight is 288 g/mol. The molecule has 0 amide bonds. The smallest absolute Gasteiger partial charge is 0.317 e. The standard InChI is InChI=1S/C17H14F2O2/c18-16(19)8-14-9-21-15(20)17(14,10-16)13-6-5-11-3-1-2-4-12(11)7-13/h1-7,14H,8-10H2/t14-,17-/m1/s1. The van der Waals surface area contributed by atoms with Gasteiger partial charge in [0.15, 0.2) is 0 Å². The molecule has 4 rings (SSSR count). The van der Waals surface area contributed by atoms with Crippen molar-refractivity contribution in [3.63, 3.8) is 0 Å². The second-order valence-electron chi connectivity index (χ2n) is 6.07. The molecule has 0 spiro atoms. The van der Waals surface area contributed by atoms with Crippen LogP contribution in [0.15, 0.2) is 42.5 Å². The first-order chi connectivity index (χ1) is 10.0. The van der Waals surface area contributed by atoms with Crippen molar-refractivity contribution in [1.29, 1.82) is 0 Å². The molecule has 2 fully saturated rings. The van der Waals surface area contributed by atoms with Gasteiger partial charge in [-0.2, -0.15) is 0 Å². The highest BCUT2D eigenvalue weighted by molar-refractivity contribution is 5.90. The van der Waals surface area contributed by atoms with E-state index in [1.165, 1.54) is 0 Å². The van der Waals surface area contributed by atoms with Gasteiger partial charge in [-0.1, -0.05) is 36.4 Å². The minimum absolute atomic E-state index is 0.0985. The zero-order chi connectivity index (χ0) is 14.7. The Bertz CT molecular complexity index is 740. The van der Waals surface area contributed by atoms with Crippen LogP contribution in [0.4, 0.5) is 8.78 Å². The fraction of sp³-hybridized carbons (Fsp3) is 0.353. The van der Waals surface area contributed by atoms with Crippen molar-refractivity contribution >= 4 is 16.7 Å². The summed E-state index contributed by atoms with van der Waals surface area (Å²) < 4.78 is 32.9. The third kappa shape index (κ3) is 1.71. The van der Waals surface area contributed by atoms with Crippen molar-refractivity contribution in [1.82, 2.24) is 0 Å². The molecule has 0 aromatic heterocycles. The Kier molecular flexibility index (Phi) is 2.44. The van der Waals surface area contributed by atoms with E-state index in [-0.39, 0.29) is 13.0 Å². The largest absolute Gasteiger partial charge is 0.465 e. The molecule has 2 aliphatic rings. The molecule has 2 aromatic carbocycles. The number of carbonyl (C=O) groups excluding carboxylic acids is 1. The molecule has 0 unspecified atom stereocenters. The van der Waals surface area contributed by atoms with Crippen molar-refractivity contribution in [2.24, 2.45) is 5.92 Å². The summed E-state index contributed by atoms with van der Waals surface area (Å²) in [5, 5.41) is 1.99. The molecule has 1 saturated heterocycles. The molecule has 0 N–H and O–H groups in total. The van der Waals surface area contributed by atoms with Crippen LogP contribution in [0.2, 0.25) is 0 Å². The van der Waals surface area contributed by atoms with Crippen molar-refractivity contribution in [2.45, 2.75) is 24.2 Å². The van der Waals surface area contributed by atoms with E-state index >= 15 is 0 Å². The molecular weight excluding hydrogens is 274 g/mol. The lowest BCUT2D eigenvalue weighted by Gasteiger charge is -2.25. The number of halogens is 2. The molecule has 1 aliphatic heterocycles. The lowest BCUT2D eigenvalue weighted by molar-refractivity contribution is -0.145. The topological polar surface area (TPSA) is 26.3 Å². The van der Waals surface area contributed by atoms with Gasteiger partial charge in [0, 0.05) is 18.8 Å². The number of ether oxygens (including phenoxy) is 1. The Labute approximate surface area is 120 Å². The van der Waals surface area contributed by atoms with E-state index < -0.39 is 29.6 Å². The number of benzene rings is 2. The first-order valence-electron chi connectivity index (χ1n) is 7.06. The number of cyclic esters (lactones) is 1. The highest BCUT2D eigenvalue weighted by Gasteiger charge is 2.65. The molecule has 1 saturated carbocycles. The maximum absolute atomic E-state index is 13.9. The molecular formula is C17H14F2O2. The predicted molar refractivity (Wildman–Crippen MR) is 74.3 cm³/mol. The first-order valence-corrected chi connectivity index (χ1v) is 7.06. The summed E-state index contributed by atoms with van der Waals surface area (Å²) in [4.78, 5) is 12.2. The number of hydrogen-bond donors (Lipinski definition) is 0. The minimum Gasteiger partial charge on any atom is -0.465 e. The first kappa shape index (κ1) is 12.7. The highest BCUT2D eigenvalue weighted by atomic mass is 19.3. The monoisotopic (exact) mass is 288 g/mol. The zero-order valence-corrected chi connectivity index (χ0v) is 11.3. The van der Waals surface area contributed by atoms with Crippen LogP contribution in [0.5, 0.6) is 0 Å². The summed E-state index contributed by atoms with van der Waals surface area (Å²) in [5.74, 6) is -3.73. The number of alkyl halides is 2. The van der Waals surface area contributed by atoms with Crippen molar-refractivity contribution < 1.29 is 18.3 Å². The summed E-state index contributed by atoms with van der Waals surface area (Å²) >= 11 is 0. The quantitative estimate of drug-likeness (QED) is 0.748. The molecule has 2 aromatic rings. The Hall–Kier alpha value is -1.97. The SMILES string of the molecule is O=C1OC[C@H]2CC(F)(F)C[C@]12c1ccc2ccccc2c1. The van der Waals surface area contributed by atoms with Gasteiger partial charge >= 0.3 is 5.97 Å². The maximum Gasteiger partial charge on any atom is 0.317 e. The normalized spacial score (nSPS) is 30.4. The van der Waals surface area contributed by atoms with E-state index in [2.05, 4.69) is 0 Å². The van der Waals surface area contributed by atoms with E-state index in [0.717, 1.165) is 10.8 Å². The summed E-state index contributed by atoms with van der Waals surface area (Å²) in [6, 6.07) is 13.3. The number of hydrogen-bond acceptors (Lipinski definition) is 2. The van der Waals surface area contributed by atoms with E-state index in [1.54, 1.807) is 6.07 Å². The van der Waals surface area contributed by atoms with Crippen molar-refractivity contribution in [2.75, 3.05) is 6.61 Å².